The molecule has 1 fully saturated rings. The maximum atomic E-state index is 11.9. The quantitative estimate of drug-likeness (QED) is 0.745. The van der Waals surface area contributed by atoms with Gasteiger partial charge in [0.1, 0.15) is 0 Å². The van der Waals surface area contributed by atoms with Gasteiger partial charge in [-0.2, -0.15) is 5.10 Å². The van der Waals surface area contributed by atoms with Gasteiger partial charge in [-0.25, -0.2) is 5.01 Å². The minimum atomic E-state index is -0.566. The van der Waals surface area contributed by atoms with Crippen molar-refractivity contribution in [1.82, 2.24) is 9.91 Å². The second kappa shape index (κ2) is 7.59. The molecule has 0 bridgehead atoms. The molecule has 1 atom stereocenters. The maximum Gasteiger partial charge on any atom is 0.219 e. The summed E-state index contributed by atoms with van der Waals surface area (Å²) in [5.74, 6) is 1.74. The molecule has 1 spiro atoms. The third kappa shape index (κ3) is 3.34. The van der Waals surface area contributed by atoms with E-state index in [0.717, 1.165) is 34.8 Å². The standard InChI is InChI=1S/C25H29N3O3/c1-4-30-23-7-5-6-20-22-16-21(19-10-8-17(2)9-11-19)26-28(22)25(31-24(20)23)12-14-27(15-13-25)18(3)29/h5-11,22H,4,12-16H2,1-3H3/t22-/m1/s1. The predicted molar refractivity (Wildman–Crippen MR) is 119 cm³/mol. The molecule has 6 nitrogen and oxygen atoms in total. The molecule has 0 unspecified atom stereocenters. The number of carbonyl (C=O) groups excluding carboxylic acids is 1. The van der Waals surface area contributed by atoms with E-state index in [2.05, 4.69) is 42.3 Å². The lowest BCUT2D eigenvalue weighted by atomic mass is 9.90. The van der Waals surface area contributed by atoms with Gasteiger partial charge < -0.3 is 14.4 Å². The van der Waals surface area contributed by atoms with Gasteiger partial charge in [0.05, 0.1) is 18.4 Å². The molecule has 2 aromatic carbocycles. The lowest BCUT2D eigenvalue weighted by Gasteiger charge is -2.51. The Bertz CT molecular complexity index is 1020. The molecule has 31 heavy (non-hydrogen) atoms. The van der Waals surface area contributed by atoms with E-state index in [-0.39, 0.29) is 11.9 Å². The molecule has 0 N–H and O–H groups in total. The van der Waals surface area contributed by atoms with Gasteiger partial charge >= 0.3 is 0 Å². The van der Waals surface area contributed by atoms with E-state index in [4.69, 9.17) is 14.6 Å². The van der Waals surface area contributed by atoms with Crippen LogP contribution in [0.1, 0.15) is 55.8 Å². The fraction of sp³-hybridized carbons (Fsp3) is 0.440. The highest BCUT2D eigenvalue weighted by atomic mass is 16.6. The van der Waals surface area contributed by atoms with Crippen molar-refractivity contribution >= 4 is 11.6 Å². The summed E-state index contributed by atoms with van der Waals surface area (Å²) in [5.41, 5.74) is 4.03. The van der Waals surface area contributed by atoms with E-state index in [1.165, 1.54) is 5.56 Å². The first-order valence-corrected chi connectivity index (χ1v) is 11.1. The molecule has 3 heterocycles. The first-order valence-electron chi connectivity index (χ1n) is 11.1. The molecule has 1 saturated heterocycles. The molecule has 3 aliphatic rings. The zero-order valence-corrected chi connectivity index (χ0v) is 18.4. The molecule has 0 aromatic heterocycles. The highest BCUT2D eigenvalue weighted by Crippen LogP contribution is 2.52. The first-order chi connectivity index (χ1) is 15.0. The highest BCUT2D eigenvalue weighted by molar-refractivity contribution is 6.02. The van der Waals surface area contributed by atoms with Crippen LogP contribution in [-0.2, 0) is 4.79 Å². The van der Waals surface area contributed by atoms with Gasteiger partial charge in [0.15, 0.2) is 11.5 Å². The Morgan fingerprint density at radius 2 is 1.94 bits per heavy atom. The van der Waals surface area contributed by atoms with Crippen LogP contribution >= 0.6 is 0 Å². The van der Waals surface area contributed by atoms with E-state index in [1.807, 2.05) is 24.0 Å². The van der Waals surface area contributed by atoms with Gasteiger partial charge in [-0.15, -0.1) is 0 Å². The monoisotopic (exact) mass is 419 g/mol. The van der Waals surface area contributed by atoms with Crippen LogP contribution < -0.4 is 9.47 Å². The first kappa shape index (κ1) is 19.9. The van der Waals surface area contributed by atoms with Gasteiger partial charge in [0, 0.05) is 44.8 Å². The van der Waals surface area contributed by atoms with Crippen molar-refractivity contribution < 1.29 is 14.3 Å². The van der Waals surface area contributed by atoms with Crippen LogP contribution in [0.5, 0.6) is 11.5 Å². The number of para-hydroxylation sites is 1. The van der Waals surface area contributed by atoms with Crippen LogP contribution in [0.3, 0.4) is 0 Å². The topological polar surface area (TPSA) is 54.4 Å². The summed E-state index contributed by atoms with van der Waals surface area (Å²) < 4.78 is 12.7. The third-order valence-electron chi connectivity index (χ3n) is 6.66. The number of ether oxygens (including phenoxy) is 2. The number of rotatable bonds is 3. The summed E-state index contributed by atoms with van der Waals surface area (Å²) in [4.78, 5) is 13.8. The second-order valence-corrected chi connectivity index (χ2v) is 8.64. The molecule has 2 aromatic rings. The van der Waals surface area contributed by atoms with E-state index in [9.17, 15) is 4.79 Å². The Balaban J connectivity index is 1.56. The number of carbonyl (C=O) groups is 1. The lowest BCUT2D eigenvalue weighted by Crippen LogP contribution is -2.59. The molecule has 0 radical (unpaired) electrons. The normalized spacial score (nSPS) is 21.3. The van der Waals surface area contributed by atoms with Crippen LogP contribution in [0.2, 0.25) is 0 Å². The van der Waals surface area contributed by atoms with E-state index < -0.39 is 5.72 Å². The summed E-state index contributed by atoms with van der Waals surface area (Å²) in [6.45, 7) is 7.64. The van der Waals surface area contributed by atoms with Crippen LogP contribution in [0, 0.1) is 6.92 Å². The van der Waals surface area contributed by atoms with Crippen molar-refractivity contribution in [3.8, 4) is 11.5 Å². The summed E-state index contributed by atoms with van der Waals surface area (Å²) in [6.07, 6.45) is 2.26. The van der Waals surface area contributed by atoms with Crippen molar-refractivity contribution in [3.05, 3.63) is 59.2 Å². The Labute approximate surface area is 183 Å². The number of hydrogen-bond acceptors (Lipinski definition) is 5. The zero-order chi connectivity index (χ0) is 21.6. The van der Waals surface area contributed by atoms with Gasteiger partial charge in [0.2, 0.25) is 11.6 Å². The van der Waals surface area contributed by atoms with Gasteiger partial charge in [-0.3, -0.25) is 4.79 Å². The number of aryl methyl sites for hydroxylation is 1. The molecule has 162 valence electrons. The molecule has 3 aliphatic heterocycles. The number of hydrogen-bond donors (Lipinski definition) is 0. The summed E-state index contributed by atoms with van der Waals surface area (Å²) >= 11 is 0. The van der Waals surface area contributed by atoms with Crippen molar-refractivity contribution in [3.63, 3.8) is 0 Å². The minimum Gasteiger partial charge on any atom is -0.490 e. The number of benzene rings is 2. The summed E-state index contributed by atoms with van der Waals surface area (Å²) in [6, 6.07) is 14.8. The molecule has 5 rings (SSSR count). The Morgan fingerprint density at radius 1 is 1.19 bits per heavy atom. The minimum absolute atomic E-state index is 0.101. The smallest absolute Gasteiger partial charge is 0.219 e. The third-order valence-corrected chi connectivity index (χ3v) is 6.66. The molecular weight excluding hydrogens is 390 g/mol. The number of fused-ring (bicyclic) bond motifs is 4. The summed E-state index contributed by atoms with van der Waals surface area (Å²) in [5, 5.41) is 7.29. The van der Waals surface area contributed by atoms with Crippen molar-refractivity contribution in [2.75, 3.05) is 19.7 Å². The van der Waals surface area contributed by atoms with Gasteiger partial charge in [-0.05, 0) is 25.5 Å². The SMILES string of the molecule is CCOc1cccc2c1OC1(CCN(C(C)=O)CC1)N1N=C(c3ccc(C)cc3)C[C@H]21. The number of nitrogens with zero attached hydrogens (tertiary/aromatic N) is 3. The number of hydrazone groups is 1. The fourth-order valence-corrected chi connectivity index (χ4v) is 4.96. The Kier molecular flexibility index (Phi) is 4.88. The second-order valence-electron chi connectivity index (χ2n) is 8.64. The molecule has 1 amide bonds. The van der Waals surface area contributed by atoms with E-state index in [1.54, 1.807) is 6.92 Å². The van der Waals surface area contributed by atoms with Crippen molar-refractivity contribution in [1.29, 1.82) is 0 Å². The highest BCUT2D eigenvalue weighted by Gasteiger charge is 2.52. The lowest BCUT2D eigenvalue weighted by molar-refractivity contribution is -0.159. The van der Waals surface area contributed by atoms with Gasteiger partial charge in [0.25, 0.3) is 0 Å². The van der Waals surface area contributed by atoms with E-state index >= 15 is 0 Å². The molecule has 0 saturated carbocycles. The summed E-state index contributed by atoms with van der Waals surface area (Å²) in [7, 11) is 0. The average Bonchev–Trinajstić information content (AvgIpc) is 3.22. The van der Waals surface area contributed by atoms with Gasteiger partial charge in [-0.1, -0.05) is 42.0 Å². The molecule has 6 heteroatoms. The molecule has 0 aliphatic carbocycles. The molecular formula is C25H29N3O3. The predicted octanol–water partition coefficient (Wildman–Crippen LogP) is 4.28. The van der Waals surface area contributed by atoms with Crippen molar-refractivity contribution in [2.24, 2.45) is 5.10 Å². The largest absolute Gasteiger partial charge is 0.490 e. The van der Waals surface area contributed by atoms with Crippen LogP contribution in [0.15, 0.2) is 47.6 Å². The number of likely N-dealkylation sites (tertiary alicyclic amines) is 1. The van der Waals surface area contributed by atoms with Crippen LogP contribution in [0.25, 0.3) is 0 Å². The Morgan fingerprint density at radius 3 is 2.61 bits per heavy atom. The average molecular weight is 420 g/mol. The number of amides is 1. The van der Waals surface area contributed by atoms with Crippen LogP contribution in [-0.4, -0.2) is 46.9 Å². The fourth-order valence-electron chi connectivity index (χ4n) is 4.96. The zero-order valence-electron chi connectivity index (χ0n) is 18.4. The van der Waals surface area contributed by atoms with E-state index in [0.29, 0.717) is 32.5 Å². The van der Waals surface area contributed by atoms with Crippen molar-refractivity contribution in [2.45, 2.75) is 51.8 Å². The number of piperidine rings is 1. The van der Waals surface area contributed by atoms with Crippen LogP contribution in [0.4, 0.5) is 0 Å². The Hall–Kier alpha value is -3.02. The maximum absolute atomic E-state index is 11.9.